The van der Waals surface area contributed by atoms with Crippen molar-refractivity contribution in [2.45, 2.75) is 32.5 Å². The first-order valence-electron chi connectivity index (χ1n) is 10.2. The average Bonchev–Trinajstić information content (AvgIpc) is 2.79. The highest BCUT2D eigenvalue weighted by molar-refractivity contribution is 5.76. The van der Waals surface area contributed by atoms with Gasteiger partial charge >= 0.3 is 5.69 Å². The van der Waals surface area contributed by atoms with Gasteiger partial charge in [0, 0.05) is 25.9 Å². The van der Waals surface area contributed by atoms with Gasteiger partial charge in [0.2, 0.25) is 5.91 Å². The zero-order valence-electron chi connectivity index (χ0n) is 17.8. The number of rotatable bonds is 8. The number of aryl methyl sites for hydroxylation is 1. The Bertz CT molecular complexity index is 1130. The lowest BCUT2D eigenvalue weighted by atomic mass is 10.0. The van der Waals surface area contributed by atoms with Gasteiger partial charge in [0.25, 0.3) is 5.56 Å². The molecule has 7 heteroatoms. The molecule has 1 amide bonds. The number of amides is 1. The molecule has 1 atom stereocenters. The number of aromatic nitrogens is 2. The van der Waals surface area contributed by atoms with Crippen LogP contribution in [-0.4, -0.2) is 31.6 Å². The molecule has 0 fully saturated rings. The summed E-state index contributed by atoms with van der Waals surface area (Å²) in [5, 5.41) is 10.8. The number of hydrogen-bond acceptors (Lipinski definition) is 4. The minimum atomic E-state index is -0.865. The highest BCUT2D eigenvalue weighted by atomic mass is 16.3. The summed E-state index contributed by atoms with van der Waals surface area (Å²) in [7, 11) is 1.37. The highest BCUT2D eigenvalue weighted by Crippen LogP contribution is 2.17. The summed E-state index contributed by atoms with van der Waals surface area (Å²) in [6, 6.07) is 18.4. The van der Waals surface area contributed by atoms with Gasteiger partial charge in [-0.05, 0) is 23.1 Å². The van der Waals surface area contributed by atoms with Crippen LogP contribution in [0.5, 0.6) is 0 Å². The summed E-state index contributed by atoms with van der Waals surface area (Å²) in [6.07, 6.45) is 1.36. The number of nitrogens with zero attached hydrogens (tertiary/aromatic N) is 3. The van der Waals surface area contributed by atoms with E-state index in [1.54, 1.807) is 0 Å². The maximum absolute atomic E-state index is 13.1. The largest absolute Gasteiger partial charge is 0.387 e. The number of carbonyl (C=O) groups excluding carboxylic acids is 1. The fourth-order valence-electron chi connectivity index (χ4n) is 3.33. The lowest BCUT2D eigenvalue weighted by Crippen LogP contribution is -2.42. The predicted molar refractivity (Wildman–Crippen MR) is 119 cm³/mol. The predicted octanol–water partition coefficient (Wildman–Crippen LogP) is 1.87. The standard InChI is InChI=1S/C24H27N3O4/c1-3-18-9-11-20(12-10-18)21(28)16-27(15-19-7-5-4-6-8-19)23(30)17-26-14-13-22(29)25(2)24(26)31/h4-14,21,28H,3,15-17H2,1-2H3. The molecular formula is C24H27N3O4. The number of carbonyl (C=O) groups is 1. The molecule has 0 aliphatic heterocycles. The van der Waals surface area contributed by atoms with E-state index in [9.17, 15) is 19.5 Å². The van der Waals surface area contributed by atoms with Crippen LogP contribution in [0.2, 0.25) is 0 Å². The van der Waals surface area contributed by atoms with Crippen LogP contribution in [0.1, 0.15) is 29.7 Å². The topological polar surface area (TPSA) is 84.5 Å². The molecule has 3 rings (SSSR count). The quantitative estimate of drug-likeness (QED) is 0.602. The summed E-state index contributed by atoms with van der Waals surface area (Å²) in [4.78, 5) is 38.6. The molecule has 7 nitrogen and oxygen atoms in total. The Balaban J connectivity index is 1.83. The third-order valence-electron chi connectivity index (χ3n) is 5.30. The minimum absolute atomic E-state index is 0.0830. The first-order valence-corrected chi connectivity index (χ1v) is 10.2. The van der Waals surface area contributed by atoms with Crippen molar-refractivity contribution in [2.75, 3.05) is 6.54 Å². The Morgan fingerprint density at radius 3 is 2.32 bits per heavy atom. The van der Waals surface area contributed by atoms with Crippen molar-refractivity contribution in [3.63, 3.8) is 0 Å². The number of aliphatic hydroxyl groups excluding tert-OH is 1. The molecule has 1 N–H and O–H groups in total. The van der Waals surface area contributed by atoms with Crippen LogP contribution in [0.25, 0.3) is 0 Å². The Hall–Kier alpha value is -3.45. The van der Waals surface area contributed by atoms with Gasteiger partial charge < -0.3 is 10.0 Å². The fourth-order valence-corrected chi connectivity index (χ4v) is 3.33. The smallest absolute Gasteiger partial charge is 0.331 e. The molecule has 0 saturated carbocycles. The molecule has 3 aromatic rings. The van der Waals surface area contributed by atoms with Crippen LogP contribution >= 0.6 is 0 Å². The van der Waals surface area contributed by atoms with Gasteiger partial charge in [0.05, 0.1) is 12.6 Å². The van der Waals surface area contributed by atoms with Gasteiger partial charge in [0.1, 0.15) is 6.54 Å². The summed E-state index contributed by atoms with van der Waals surface area (Å²) in [5.74, 6) is -0.325. The van der Waals surface area contributed by atoms with Crippen molar-refractivity contribution in [1.29, 1.82) is 0 Å². The molecular weight excluding hydrogens is 394 g/mol. The van der Waals surface area contributed by atoms with Crippen LogP contribution in [0.15, 0.2) is 76.4 Å². The van der Waals surface area contributed by atoms with E-state index >= 15 is 0 Å². The van der Waals surface area contributed by atoms with Crippen LogP contribution in [0, 0.1) is 0 Å². The normalized spacial score (nSPS) is 11.8. The van der Waals surface area contributed by atoms with E-state index in [-0.39, 0.29) is 19.0 Å². The van der Waals surface area contributed by atoms with Crippen LogP contribution < -0.4 is 11.2 Å². The van der Waals surface area contributed by atoms with Crippen molar-refractivity contribution >= 4 is 5.91 Å². The first-order chi connectivity index (χ1) is 14.9. The number of hydrogen-bond donors (Lipinski definition) is 1. The molecule has 1 aromatic heterocycles. The Morgan fingerprint density at radius 2 is 1.68 bits per heavy atom. The van der Waals surface area contributed by atoms with E-state index in [1.807, 2.05) is 54.6 Å². The molecule has 0 spiro atoms. The molecule has 0 saturated heterocycles. The lowest BCUT2D eigenvalue weighted by molar-refractivity contribution is -0.134. The van der Waals surface area contributed by atoms with E-state index in [0.29, 0.717) is 6.54 Å². The van der Waals surface area contributed by atoms with E-state index in [4.69, 9.17) is 0 Å². The van der Waals surface area contributed by atoms with E-state index in [2.05, 4.69) is 6.92 Å². The maximum Gasteiger partial charge on any atom is 0.331 e. The lowest BCUT2D eigenvalue weighted by Gasteiger charge is -2.26. The van der Waals surface area contributed by atoms with Crippen LogP contribution in [-0.2, 0) is 31.4 Å². The van der Waals surface area contributed by atoms with Gasteiger partial charge in [-0.3, -0.25) is 18.7 Å². The molecule has 0 aliphatic carbocycles. The van der Waals surface area contributed by atoms with Crippen LogP contribution in [0.4, 0.5) is 0 Å². The van der Waals surface area contributed by atoms with Crippen molar-refractivity contribution in [1.82, 2.24) is 14.0 Å². The SMILES string of the molecule is CCc1ccc(C(O)CN(Cc2ccccc2)C(=O)Cn2ccc(=O)n(C)c2=O)cc1. The zero-order chi connectivity index (χ0) is 22.4. The van der Waals surface area contributed by atoms with Crippen molar-refractivity contribution in [3.05, 3.63) is 104 Å². The molecule has 0 aliphatic rings. The fraction of sp³-hybridized carbons (Fsp3) is 0.292. The third-order valence-corrected chi connectivity index (χ3v) is 5.30. The number of aliphatic hydroxyl groups is 1. The maximum atomic E-state index is 13.1. The Morgan fingerprint density at radius 1 is 1.00 bits per heavy atom. The summed E-state index contributed by atoms with van der Waals surface area (Å²) in [5.41, 5.74) is 1.82. The molecule has 0 radical (unpaired) electrons. The summed E-state index contributed by atoms with van der Waals surface area (Å²) in [6.45, 7) is 2.22. The summed E-state index contributed by atoms with van der Waals surface area (Å²) >= 11 is 0. The van der Waals surface area contributed by atoms with Crippen LogP contribution in [0.3, 0.4) is 0 Å². The van der Waals surface area contributed by atoms with E-state index in [0.717, 1.165) is 22.1 Å². The molecule has 31 heavy (non-hydrogen) atoms. The van der Waals surface area contributed by atoms with Crippen molar-refractivity contribution in [3.8, 4) is 0 Å². The van der Waals surface area contributed by atoms with Crippen molar-refractivity contribution < 1.29 is 9.90 Å². The van der Waals surface area contributed by atoms with Gasteiger partial charge in [0.15, 0.2) is 0 Å². The minimum Gasteiger partial charge on any atom is -0.387 e. The first kappa shape index (κ1) is 22.2. The third kappa shape index (κ3) is 5.58. The van der Waals surface area contributed by atoms with E-state index < -0.39 is 17.4 Å². The average molecular weight is 421 g/mol. The second-order valence-electron chi connectivity index (χ2n) is 7.49. The monoisotopic (exact) mass is 421 g/mol. The molecule has 1 heterocycles. The Kier molecular flexibility index (Phi) is 7.20. The van der Waals surface area contributed by atoms with Gasteiger partial charge in [-0.1, -0.05) is 61.5 Å². The molecule has 162 valence electrons. The van der Waals surface area contributed by atoms with E-state index in [1.165, 1.54) is 34.3 Å². The molecule has 2 aromatic carbocycles. The zero-order valence-corrected chi connectivity index (χ0v) is 17.8. The van der Waals surface area contributed by atoms with Gasteiger partial charge in [-0.2, -0.15) is 0 Å². The highest BCUT2D eigenvalue weighted by Gasteiger charge is 2.20. The van der Waals surface area contributed by atoms with Gasteiger partial charge in [-0.25, -0.2) is 4.79 Å². The molecule has 0 bridgehead atoms. The van der Waals surface area contributed by atoms with Gasteiger partial charge in [-0.15, -0.1) is 0 Å². The second-order valence-corrected chi connectivity index (χ2v) is 7.49. The second kappa shape index (κ2) is 10.0. The van der Waals surface area contributed by atoms with Crippen molar-refractivity contribution in [2.24, 2.45) is 7.05 Å². The summed E-state index contributed by atoms with van der Waals surface area (Å²) < 4.78 is 2.16. The Labute approximate surface area is 180 Å². The number of benzene rings is 2. The molecule has 1 unspecified atom stereocenters.